The smallest absolute Gasteiger partial charge is 0.228 e. The first kappa shape index (κ1) is 12.5. The first-order chi connectivity index (χ1) is 10.9. The third kappa shape index (κ3) is 2.16. The van der Waals surface area contributed by atoms with Crippen LogP contribution in [0, 0.1) is 0 Å². The van der Waals surface area contributed by atoms with Crippen molar-refractivity contribution in [3.63, 3.8) is 0 Å². The van der Waals surface area contributed by atoms with Crippen molar-refractivity contribution < 1.29 is 0 Å². The van der Waals surface area contributed by atoms with Crippen molar-refractivity contribution in [1.29, 1.82) is 0 Å². The summed E-state index contributed by atoms with van der Waals surface area (Å²) < 4.78 is 1.94. The second kappa shape index (κ2) is 5.25. The third-order valence-corrected chi connectivity index (χ3v) is 3.27. The minimum atomic E-state index is 0.526. The highest BCUT2D eigenvalue weighted by Crippen LogP contribution is 2.29. The Bertz CT molecular complexity index is 902. The molecule has 0 aliphatic heterocycles. The van der Waals surface area contributed by atoms with Gasteiger partial charge in [0.25, 0.3) is 0 Å². The van der Waals surface area contributed by atoms with Gasteiger partial charge in [-0.15, -0.1) is 0 Å². The Morgan fingerprint density at radius 1 is 0.909 bits per heavy atom. The number of hydrogen-bond donors (Lipinski definition) is 1. The van der Waals surface area contributed by atoms with Gasteiger partial charge in [-0.2, -0.15) is 0 Å². The molecule has 0 unspecified atom stereocenters. The Labute approximate surface area is 126 Å². The van der Waals surface area contributed by atoms with Gasteiger partial charge in [0.2, 0.25) is 5.95 Å². The van der Waals surface area contributed by atoms with Crippen LogP contribution in [0.5, 0.6) is 0 Å². The average molecular weight is 288 g/mol. The predicted octanol–water partition coefficient (Wildman–Crippen LogP) is 2.93. The van der Waals surface area contributed by atoms with Crippen LogP contribution in [-0.4, -0.2) is 24.3 Å². The SMILES string of the molecule is c1ccc(-c2nc3cnccn3c2Nc2ncccn2)cc1. The Balaban J connectivity index is 1.91. The van der Waals surface area contributed by atoms with Gasteiger partial charge in [-0.3, -0.25) is 9.38 Å². The number of fused-ring (bicyclic) bond motifs is 1. The monoisotopic (exact) mass is 288 g/mol. The summed E-state index contributed by atoms with van der Waals surface area (Å²) in [6.07, 6.45) is 8.70. The van der Waals surface area contributed by atoms with Gasteiger partial charge in [0.15, 0.2) is 5.65 Å². The van der Waals surface area contributed by atoms with Crippen molar-refractivity contribution in [3.05, 3.63) is 67.4 Å². The maximum absolute atomic E-state index is 4.66. The summed E-state index contributed by atoms with van der Waals surface area (Å²) in [6, 6.07) is 11.8. The third-order valence-electron chi connectivity index (χ3n) is 3.27. The number of nitrogens with zero attached hydrogens (tertiary/aromatic N) is 5. The summed E-state index contributed by atoms with van der Waals surface area (Å²) >= 11 is 0. The van der Waals surface area contributed by atoms with Gasteiger partial charge in [0, 0.05) is 30.4 Å². The van der Waals surface area contributed by atoms with Gasteiger partial charge in [-0.25, -0.2) is 15.0 Å². The molecule has 0 aliphatic rings. The van der Waals surface area contributed by atoms with Crippen LogP contribution in [0.25, 0.3) is 16.9 Å². The van der Waals surface area contributed by atoms with Crippen LogP contribution in [0.1, 0.15) is 0 Å². The molecule has 0 bridgehead atoms. The topological polar surface area (TPSA) is 68.0 Å². The maximum atomic E-state index is 4.66. The van der Waals surface area contributed by atoms with Crippen molar-refractivity contribution in [2.45, 2.75) is 0 Å². The van der Waals surface area contributed by atoms with Crippen molar-refractivity contribution in [2.24, 2.45) is 0 Å². The van der Waals surface area contributed by atoms with E-state index in [4.69, 9.17) is 0 Å². The number of nitrogens with one attached hydrogen (secondary N) is 1. The molecule has 0 amide bonds. The second-order valence-electron chi connectivity index (χ2n) is 4.68. The van der Waals surface area contributed by atoms with Crippen molar-refractivity contribution in [1.82, 2.24) is 24.3 Å². The Morgan fingerprint density at radius 3 is 2.55 bits per heavy atom. The minimum Gasteiger partial charge on any atom is -0.308 e. The van der Waals surface area contributed by atoms with Gasteiger partial charge in [-0.1, -0.05) is 30.3 Å². The van der Waals surface area contributed by atoms with Gasteiger partial charge in [0.1, 0.15) is 11.5 Å². The number of rotatable bonds is 3. The molecule has 0 radical (unpaired) electrons. The molecule has 22 heavy (non-hydrogen) atoms. The lowest BCUT2D eigenvalue weighted by Crippen LogP contribution is -2.00. The highest BCUT2D eigenvalue weighted by atomic mass is 15.2. The molecule has 0 spiro atoms. The number of hydrogen-bond acceptors (Lipinski definition) is 5. The van der Waals surface area contributed by atoms with E-state index in [1.807, 2.05) is 40.9 Å². The highest BCUT2D eigenvalue weighted by Gasteiger charge is 2.14. The van der Waals surface area contributed by atoms with Gasteiger partial charge in [-0.05, 0) is 6.07 Å². The van der Waals surface area contributed by atoms with E-state index in [0.29, 0.717) is 5.95 Å². The summed E-state index contributed by atoms with van der Waals surface area (Å²) in [5.74, 6) is 1.34. The maximum Gasteiger partial charge on any atom is 0.228 e. The first-order valence-electron chi connectivity index (χ1n) is 6.83. The molecule has 6 nitrogen and oxygen atoms in total. The largest absolute Gasteiger partial charge is 0.308 e. The molecule has 4 rings (SSSR count). The number of anilines is 2. The molecular weight excluding hydrogens is 276 g/mol. The van der Waals surface area contributed by atoms with Gasteiger partial charge in [0.05, 0.1) is 6.20 Å². The molecule has 0 saturated carbocycles. The molecule has 0 fully saturated rings. The summed E-state index contributed by atoms with van der Waals surface area (Å²) in [4.78, 5) is 17.2. The van der Waals surface area contributed by atoms with E-state index in [1.54, 1.807) is 30.9 Å². The van der Waals surface area contributed by atoms with E-state index in [0.717, 1.165) is 22.7 Å². The molecule has 1 aromatic carbocycles. The zero-order valence-electron chi connectivity index (χ0n) is 11.6. The fourth-order valence-corrected chi connectivity index (χ4v) is 2.29. The number of aromatic nitrogens is 5. The Morgan fingerprint density at radius 2 is 1.73 bits per heavy atom. The summed E-state index contributed by atoms with van der Waals surface area (Å²) in [5, 5.41) is 3.24. The lowest BCUT2D eigenvalue weighted by molar-refractivity contribution is 1.10. The zero-order chi connectivity index (χ0) is 14.8. The number of imidazole rings is 1. The van der Waals surface area contributed by atoms with Crippen molar-refractivity contribution in [3.8, 4) is 11.3 Å². The molecule has 4 aromatic rings. The van der Waals surface area contributed by atoms with Crippen LogP contribution < -0.4 is 5.32 Å². The molecule has 0 atom stereocenters. The second-order valence-corrected chi connectivity index (χ2v) is 4.68. The van der Waals surface area contributed by atoms with Crippen LogP contribution in [0.2, 0.25) is 0 Å². The molecule has 1 N–H and O–H groups in total. The summed E-state index contributed by atoms with van der Waals surface area (Å²) in [5.41, 5.74) is 2.62. The molecule has 106 valence electrons. The lowest BCUT2D eigenvalue weighted by atomic mass is 10.1. The van der Waals surface area contributed by atoms with Crippen molar-refractivity contribution in [2.75, 3.05) is 5.32 Å². The van der Waals surface area contributed by atoms with E-state index < -0.39 is 0 Å². The fourth-order valence-electron chi connectivity index (χ4n) is 2.29. The van der Waals surface area contributed by atoms with E-state index in [1.165, 1.54) is 0 Å². The van der Waals surface area contributed by atoms with Gasteiger partial charge >= 0.3 is 0 Å². The summed E-state index contributed by atoms with van der Waals surface area (Å²) in [7, 11) is 0. The molecular formula is C16H12N6. The Kier molecular flexibility index (Phi) is 2.97. The van der Waals surface area contributed by atoms with E-state index in [9.17, 15) is 0 Å². The predicted molar refractivity (Wildman–Crippen MR) is 83.7 cm³/mol. The molecule has 0 saturated heterocycles. The van der Waals surface area contributed by atoms with E-state index >= 15 is 0 Å². The molecule has 3 heterocycles. The van der Waals surface area contributed by atoms with E-state index in [-0.39, 0.29) is 0 Å². The summed E-state index contributed by atoms with van der Waals surface area (Å²) in [6.45, 7) is 0. The van der Waals surface area contributed by atoms with Crippen LogP contribution in [0.3, 0.4) is 0 Å². The quantitative estimate of drug-likeness (QED) is 0.627. The fraction of sp³-hybridized carbons (Fsp3) is 0. The highest BCUT2D eigenvalue weighted by molar-refractivity contribution is 5.78. The van der Waals surface area contributed by atoms with E-state index in [2.05, 4.69) is 25.3 Å². The number of benzene rings is 1. The average Bonchev–Trinajstić information content (AvgIpc) is 2.95. The molecule has 3 aromatic heterocycles. The minimum absolute atomic E-state index is 0.526. The van der Waals surface area contributed by atoms with Crippen LogP contribution in [-0.2, 0) is 0 Å². The lowest BCUT2D eigenvalue weighted by Gasteiger charge is -2.06. The Hall–Kier alpha value is -3.28. The molecule has 6 heteroatoms. The van der Waals surface area contributed by atoms with Crippen LogP contribution >= 0.6 is 0 Å². The zero-order valence-corrected chi connectivity index (χ0v) is 11.6. The van der Waals surface area contributed by atoms with Gasteiger partial charge < -0.3 is 5.32 Å². The standard InChI is InChI=1S/C16H12N6/c1-2-5-12(6-3-1)14-15(21-16-18-7-4-8-19-16)22-10-9-17-11-13(22)20-14/h1-11H,(H,18,19,21). The van der Waals surface area contributed by atoms with Crippen LogP contribution in [0.4, 0.5) is 11.8 Å². The normalized spacial score (nSPS) is 10.7. The van der Waals surface area contributed by atoms with Crippen LogP contribution in [0.15, 0.2) is 67.4 Å². The first-order valence-corrected chi connectivity index (χ1v) is 6.83. The van der Waals surface area contributed by atoms with Crippen molar-refractivity contribution >= 4 is 17.4 Å². The molecule has 0 aliphatic carbocycles.